The van der Waals surface area contributed by atoms with E-state index in [1.807, 2.05) is 0 Å². The second-order valence-electron chi connectivity index (χ2n) is 17.3. The fraction of sp³-hybridized carbons (Fsp3) is 0.880. The predicted molar refractivity (Wildman–Crippen MR) is 254 cm³/mol. The quantitative estimate of drug-likeness (QED) is 0.0233. The number of hydrogen-bond donors (Lipinski definition) is 3. The molecule has 0 aliphatic rings. The zero-order valence-electron chi connectivity index (χ0n) is 39.5. The van der Waals surface area contributed by atoms with E-state index >= 15 is 0 Å². The van der Waals surface area contributed by atoms with Gasteiger partial charge in [0.15, 0.2) is 0 Å². The van der Waals surface area contributed by atoms with Gasteiger partial charge in [0, 0.05) is 13.0 Å². The maximum Gasteiger partial charge on any atom is 0.472 e. The van der Waals surface area contributed by atoms with Crippen molar-refractivity contribution >= 4 is 19.8 Å². The van der Waals surface area contributed by atoms with Gasteiger partial charge in [-0.25, -0.2) is 4.57 Å². The van der Waals surface area contributed by atoms with Crippen molar-refractivity contribution in [3.8, 4) is 0 Å². The number of carbonyl (C=O) groups excluding carboxylic acids is 1. The van der Waals surface area contributed by atoms with Crippen LogP contribution in [-0.4, -0.2) is 60.5 Å². The van der Waals surface area contributed by atoms with Crippen LogP contribution in [0, 0.1) is 0 Å². The number of carbonyl (C=O) groups is 2. The van der Waals surface area contributed by atoms with Crippen LogP contribution < -0.4 is 5.73 Å². The Morgan fingerprint density at radius 3 is 1.25 bits per heavy atom. The number of phosphoric acid groups is 1. The minimum absolute atomic E-state index is 0.0175. The summed E-state index contributed by atoms with van der Waals surface area (Å²) in [5, 5.41) is 8.92. The molecule has 0 aromatic heterocycles. The summed E-state index contributed by atoms with van der Waals surface area (Å²) in [6.45, 7) is 3.91. The van der Waals surface area contributed by atoms with Gasteiger partial charge in [-0.2, -0.15) is 0 Å². The largest absolute Gasteiger partial charge is 0.480 e. The number of allylic oxidation sites excluding steroid dienone is 4. The molecule has 61 heavy (non-hydrogen) atoms. The van der Waals surface area contributed by atoms with Crippen molar-refractivity contribution < 1.29 is 42.7 Å². The third kappa shape index (κ3) is 46.3. The molecule has 0 aromatic rings. The fourth-order valence-corrected chi connectivity index (χ4v) is 8.02. The SMILES string of the molecule is CCCCCCCC/C=C\CCCCCCCCCC(=O)OC(COCCCCCCCCCCCC/C=C\CCCCCCCCCC)COP(=O)(O)OCC(N)C(=O)O. The highest BCUT2D eigenvalue weighted by atomic mass is 31.2. The zero-order chi connectivity index (χ0) is 44.8. The summed E-state index contributed by atoms with van der Waals surface area (Å²) in [5.41, 5.74) is 5.37. The van der Waals surface area contributed by atoms with Crippen LogP contribution in [0.2, 0.25) is 0 Å². The smallest absolute Gasteiger partial charge is 0.472 e. The Morgan fingerprint density at radius 1 is 0.508 bits per heavy atom. The number of hydrogen-bond acceptors (Lipinski definition) is 8. The molecule has 360 valence electrons. The molecule has 0 saturated heterocycles. The van der Waals surface area contributed by atoms with Gasteiger partial charge in [0.2, 0.25) is 0 Å². The standard InChI is InChI=1S/C50H96NO9P/c1-3-5-7-9-11-13-15-17-19-21-22-23-24-25-27-29-31-33-35-37-39-41-43-57-44-47(45-58-61(55,56)59-46-48(51)50(53)54)60-49(52)42-40-38-36-34-32-30-28-26-20-18-16-14-12-10-8-6-4-2/h18,20-22,47-48H,3-17,19,23-46,51H2,1-2H3,(H,53,54)(H,55,56)/b20-18-,22-21-. The summed E-state index contributed by atoms with van der Waals surface area (Å²) in [4.78, 5) is 33.7. The third-order valence-electron chi connectivity index (χ3n) is 11.2. The Labute approximate surface area is 374 Å². The number of aliphatic carboxylic acids is 1. The summed E-state index contributed by atoms with van der Waals surface area (Å²) < 4.78 is 33.5. The van der Waals surface area contributed by atoms with Gasteiger partial charge in [-0.05, 0) is 64.2 Å². The summed E-state index contributed by atoms with van der Waals surface area (Å²) in [6, 6.07) is -1.47. The van der Waals surface area contributed by atoms with Crippen LogP contribution >= 0.6 is 7.82 Å². The van der Waals surface area contributed by atoms with Gasteiger partial charge in [-0.15, -0.1) is 0 Å². The number of rotatable bonds is 49. The molecule has 4 N–H and O–H groups in total. The van der Waals surface area contributed by atoms with Crippen LogP contribution in [0.25, 0.3) is 0 Å². The van der Waals surface area contributed by atoms with Gasteiger partial charge in [-0.1, -0.05) is 199 Å². The minimum Gasteiger partial charge on any atom is -0.480 e. The Kier molecular flexibility index (Phi) is 45.3. The molecule has 11 heteroatoms. The lowest BCUT2D eigenvalue weighted by atomic mass is 10.1. The van der Waals surface area contributed by atoms with E-state index in [1.54, 1.807) is 0 Å². The molecular weight excluding hydrogens is 790 g/mol. The van der Waals surface area contributed by atoms with E-state index in [0.717, 1.165) is 44.9 Å². The van der Waals surface area contributed by atoms with Crippen molar-refractivity contribution in [3.63, 3.8) is 0 Å². The maximum absolute atomic E-state index is 12.7. The van der Waals surface area contributed by atoms with Gasteiger partial charge in [0.25, 0.3) is 0 Å². The van der Waals surface area contributed by atoms with Gasteiger partial charge >= 0.3 is 19.8 Å². The first-order valence-electron chi connectivity index (χ1n) is 25.4. The van der Waals surface area contributed by atoms with Crippen molar-refractivity contribution in [1.29, 1.82) is 0 Å². The van der Waals surface area contributed by atoms with Crippen molar-refractivity contribution in [3.05, 3.63) is 24.3 Å². The molecule has 0 radical (unpaired) electrons. The van der Waals surface area contributed by atoms with Crippen LogP contribution in [0.3, 0.4) is 0 Å². The summed E-state index contributed by atoms with van der Waals surface area (Å²) in [5.74, 6) is -1.77. The minimum atomic E-state index is -4.62. The van der Waals surface area contributed by atoms with Gasteiger partial charge in [0.1, 0.15) is 12.1 Å². The molecular formula is C50H96NO9P. The number of unbranched alkanes of at least 4 members (excludes halogenated alkanes) is 31. The second-order valence-corrected chi connectivity index (χ2v) is 18.7. The molecule has 0 heterocycles. The molecule has 0 aromatic carbocycles. The van der Waals surface area contributed by atoms with Crippen molar-refractivity contribution in [1.82, 2.24) is 0 Å². The molecule has 0 fully saturated rings. The Bertz CT molecular complexity index is 1070. The first-order chi connectivity index (χ1) is 29.7. The molecule has 3 unspecified atom stereocenters. The molecule has 3 atom stereocenters. The molecule has 0 aliphatic carbocycles. The topological polar surface area (TPSA) is 155 Å². The van der Waals surface area contributed by atoms with E-state index in [0.29, 0.717) is 13.0 Å². The third-order valence-corrected chi connectivity index (χ3v) is 12.2. The maximum atomic E-state index is 12.7. The summed E-state index contributed by atoms with van der Waals surface area (Å²) in [6.07, 6.45) is 52.3. The highest BCUT2D eigenvalue weighted by molar-refractivity contribution is 7.47. The van der Waals surface area contributed by atoms with Crippen LogP contribution in [0.15, 0.2) is 24.3 Å². The second kappa shape index (κ2) is 46.4. The Balaban J connectivity index is 4.12. The van der Waals surface area contributed by atoms with Crippen molar-refractivity contribution in [2.75, 3.05) is 26.4 Å². The van der Waals surface area contributed by atoms with Crippen LogP contribution in [0.1, 0.15) is 245 Å². The van der Waals surface area contributed by atoms with Gasteiger partial charge < -0.3 is 25.2 Å². The van der Waals surface area contributed by atoms with E-state index in [9.17, 15) is 19.0 Å². The van der Waals surface area contributed by atoms with Crippen LogP contribution in [0.5, 0.6) is 0 Å². The number of nitrogens with two attached hydrogens (primary N) is 1. The molecule has 0 amide bonds. The lowest BCUT2D eigenvalue weighted by Gasteiger charge is -2.20. The monoisotopic (exact) mass is 886 g/mol. The fourth-order valence-electron chi connectivity index (χ4n) is 7.24. The lowest BCUT2D eigenvalue weighted by Crippen LogP contribution is -2.34. The molecule has 0 spiro atoms. The predicted octanol–water partition coefficient (Wildman–Crippen LogP) is 14.7. The van der Waals surface area contributed by atoms with Crippen LogP contribution in [-0.2, 0) is 32.7 Å². The van der Waals surface area contributed by atoms with E-state index in [1.165, 1.54) is 173 Å². The molecule has 0 rings (SSSR count). The first kappa shape index (κ1) is 59.5. The van der Waals surface area contributed by atoms with E-state index in [2.05, 4.69) is 38.2 Å². The van der Waals surface area contributed by atoms with Gasteiger partial charge in [0.05, 0.1) is 19.8 Å². The highest BCUT2D eigenvalue weighted by Crippen LogP contribution is 2.43. The number of phosphoric ester groups is 1. The average molecular weight is 886 g/mol. The van der Waals surface area contributed by atoms with Gasteiger partial charge in [-0.3, -0.25) is 18.6 Å². The number of esters is 1. The first-order valence-corrected chi connectivity index (χ1v) is 26.9. The van der Waals surface area contributed by atoms with Crippen molar-refractivity contribution in [2.45, 2.75) is 257 Å². The van der Waals surface area contributed by atoms with Crippen molar-refractivity contribution in [2.24, 2.45) is 5.73 Å². The summed E-state index contributed by atoms with van der Waals surface area (Å²) >= 11 is 0. The highest BCUT2D eigenvalue weighted by Gasteiger charge is 2.27. The molecule has 0 saturated carbocycles. The lowest BCUT2D eigenvalue weighted by molar-refractivity contribution is -0.154. The van der Waals surface area contributed by atoms with E-state index in [-0.39, 0.29) is 13.0 Å². The van der Waals surface area contributed by atoms with E-state index < -0.39 is 45.1 Å². The number of carboxylic acids is 1. The molecule has 0 aliphatic heterocycles. The zero-order valence-corrected chi connectivity index (χ0v) is 40.4. The normalized spacial score (nSPS) is 13.9. The molecule has 10 nitrogen and oxygen atoms in total. The number of carboxylic acid groups (broad SMARTS) is 1. The Hall–Kier alpha value is -1.55. The number of ether oxygens (including phenoxy) is 2. The summed E-state index contributed by atoms with van der Waals surface area (Å²) in [7, 11) is -4.62. The Morgan fingerprint density at radius 2 is 0.852 bits per heavy atom. The molecule has 0 bridgehead atoms. The average Bonchev–Trinajstić information content (AvgIpc) is 3.24. The van der Waals surface area contributed by atoms with Crippen LogP contribution in [0.4, 0.5) is 0 Å². The van der Waals surface area contributed by atoms with E-state index in [4.69, 9.17) is 29.4 Å².